The van der Waals surface area contributed by atoms with Crippen LogP contribution in [0.15, 0.2) is 24.3 Å². The fourth-order valence-electron chi connectivity index (χ4n) is 2.17. The lowest BCUT2D eigenvalue weighted by Gasteiger charge is -2.14. The van der Waals surface area contributed by atoms with E-state index in [0.717, 1.165) is 18.6 Å². The van der Waals surface area contributed by atoms with Gasteiger partial charge in [0, 0.05) is 25.6 Å². The summed E-state index contributed by atoms with van der Waals surface area (Å²) in [6.07, 6.45) is -3.55. The van der Waals surface area contributed by atoms with E-state index in [1.54, 1.807) is 0 Å². The maximum atomic E-state index is 12.4. The van der Waals surface area contributed by atoms with Gasteiger partial charge in [-0.2, -0.15) is 13.2 Å². The first-order valence-corrected chi connectivity index (χ1v) is 6.64. The molecule has 1 saturated heterocycles. The fourth-order valence-corrected chi connectivity index (χ4v) is 2.17. The van der Waals surface area contributed by atoms with E-state index in [1.807, 2.05) is 6.92 Å². The summed E-state index contributed by atoms with van der Waals surface area (Å²) in [4.78, 5) is 0. The molecule has 1 heterocycles. The van der Waals surface area contributed by atoms with Gasteiger partial charge in [-0.25, -0.2) is 0 Å². The van der Waals surface area contributed by atoms with E-state index < -0.39 is 11.7 Å². The minimum atomic E-state index is -4.31. The van der Waals surface area contributed by atoms with Crippen molar-refractivity contribution in [1.82, 2.24) is 5.32 Å². The van der Waals surface area contributed by atoms with Crippen LogP contribution in [-0.4, -0.2) is 31.9 Å². The van der Waals surface area contributed by atoms with Crippen molar-refractivity contribution in [3.8, 4) is 5.75 Å². The second kappa shape index (κ2) is 6.45. The first kappa shape index (κ1) is 15.1. The Morgan fingerprint density at radius 1 is 1.25 bits per heavy atom. The number of halogens is 3. The van der Waals surface area contributed by atoms with Crippen LogP contribution in [0.5, 0.6) is 5.75 Å². The Hall–Kier alpha value is -1.27. The quantitative estimate of drug-likeness (QED) is 0.904. The highest BCUT2D eigenvalue weighted by molar-refractivity contribution is 5.29. The predicted molar refractivity (Wildman–Crippen MR) is 68.8 cm³/mol. The highest BCUT2D eigenvalue weighted by Crippen LogP contribution is 2.30. The molecular formula is C14H18F3NO2. The first-order chi connectivity index (χ1) is 9.49. The van der Waals surface area contributed by atoms with Gasteiger partial charge in [-0.05, 0) is 31.2 Å². The molecule has 0 saturated carbocycles. The molecular weight excluding hydrogens is 271 g/mol. The van der Waals surface area contributed by atoms with Crippen LogP contribution in [0.1, 0.15) is 18.9 Å². The molecule has 2 rings (SSSR count). The number of hydrogen-bond acceptors (Lipinski definition) is 3. The van der Waals surface area contributed by atoms with Gasteiger partial charge >= 0.3 is 6.18 Å². The summed E-state index contributed by atoms with van der Waals surface area (Å²) >= 11 is 0. The van der Waals surface area contributed by atoms with Crippen LogP contribution >= 0.6 is 0 Å². The van der Waals surface area contributed by atoms with E-state index in [9.17, 15) is 13.2 Å². The van der Waals surface area contributed by atoms with Crippen molar-refractivity contribution >= 4 is 0 Å². The van der Waals surface area contributed by atoms with E-state index in [-0.39, 0.29) is 12.1 Å². The lowest BCUT2D eigenvalue weighted by atomic mass is 10.2. The topological polar surface area (TPSA) is 30.5 Å². The third-order valence-corrected chi connectivity index (χ3v) is 3.19. The van der Waals surface area contributed by atoms with Gasteiger partial charge in [0.2, 0.25) is 0 Å². The second-order valence-electron chi connectivity index (χ2n) is 4.76. The maximum absolute atomic E-state index is 12.4. The van der Waals surface area contributed by atoms with Crippen molar-refractivity contribution < 1.29 is 22.6 Å². The Morgan fingerprint density at radius 3 is 2.55 bits per heavy atom. The van der Waals surface area contributed by atoms with Crippen molar-refractivity contribution in [2.75, 3.05) is 19.8 Å². The third kappa shape index (κ3) is 4.11. The molecule has 20 heavy (non-hydrogen) atoms. The van der Waals surface area contributed by atoms with Crippen molar-refractivity contribution in [2.45, 2.75) is 31.7 Å². The normalized spacial score (nSPS) is 23.0. The van der Waals surface area contributed by atoms with Crippen LogP contribution < -0.4 is 10.1 Å². The van der Waals surface area contributed by atoms with Crippen LogP contribution in [0.4, 0.5) is 13.2 Å². The van der Waals surface area contributed by atoms with Crippen molar-refractivity contribution in [3.63, 3.8) is 0 Å². The second-order valence-corrected chi connectivity index (χ2v) is 4.76. The largest absolute Gasteiger partial charge is 0.489 e. The average Bonchev–Trinajstić information content (AvgIpc) is 2.83. The molecule has 1 aliphatic rings. The molecule has 0 radical (unpaired) electrons. The molecule has 0 aromatic heterocycles. The number of benzene rings is 1. The highest BCUT2D eigenvalue weighted by atomic mass is 19.4. The molecule has 112 valence electrons. The van der Waals surface area contributed by atoms with E-state index >= 15 is 0 Å². The standard InChI is InChI=1S/C14H18F3NO2/c1-2-19-9-11-7-13(8-18-11)20-12-5-3-10(4-6-12)14(15,16)17/h3-6,11,13,18H,2,7-9H2,1H3/t11-,13+/m0/s1. The van der Waals surface area contributed by atoms with Crippen LogP contribution in [0.3, 0.4) is 0 Å². The third-order valence-electron chi connectivity index (χ3n) is 3.19. The number of nitrogens with one attached hydrogen (secondary N) is 1. The van der Waals surface area contributed by atoms with Gasteiger partial charge in [0.05, 0.1) is 12.2 Å². The van der Waals surface area contributed by atoms with Crippen LogP contribution in [-0.2, 0) is 10.9 Å². The molecule has 1 aromatic carbocycles. The van der Waals surface area contributed by atoms with E-state index in [1.165, 1.54) is 12.1 Å². The van der Waals surface area contributed by atoms with Crippen LogP contribution in [0, 0.1) is 0 Å². The molecule has 3 nitrogen and oxygen atoms in total. The predicted octanol–water partition coefficient (Wildman–Crippen LogP) is 2.85. The molecule has 6 heteroatoms. The Balaban J connectivity index is 1.85. The van der Waals surface area contributed by atoms with E-state index in [2.05, 4.69) is 5.32 Å². The Labute approximate surface area is 116 Å². The summed E-state index contributed by atoms with van der Waals surface area (Å²) in [5.74, 6) is 0.460. The summed E-state index contributed by atoms with van der Waals surface area (Å²) in [6, 6.07) is 5.04. The van der Waals surface area contributed by atoms with Crippen molar-refractivity contribution in [1.29, 1.82) is 0 Å². The minimum absolute atomic E-state index is 0.0304. The minimum Gasteiger partial charge on any atom is -0.489 e. The molecule has 1 aliphatic heterocycles. The zero-order chi connectivity index (χ0) is 14.6. The number of ether oxygens (including phenoxy) is 2. The van der Waals surface area contributed by atoms with Gasteiger partial charge in [-0.15, -0.1) is 0 Å². The van der Waals surface area contributed by atoms with Gasteiger partial charge < -0.3 is 14.8 Å². The van der Waals surface area contributed by atoms with E-state index in [0.29, 0.717) is 25.5 Å². The maximum Gasteiger partial charge on any atom is 0.416 e. The molecule has 1 aromatic rings. The molecule has 0 unspecified atom stereocenters. The van der Waals surface area contributed by atoms with Crippen molar-refractivity contribution in [3.05, 3.63) is 29.8 Å². The average molecular weight is 289 g/mol. The van der Waals surface area contributed by atoms with Crippen LogP contribution in [0.2, 0.25) is 0 Å². The van der Waals surface area contributed by atoms with Gasteiger partial charge in [-0.3, -0.25) is 0 Å². The summed E-state index contributed by atoms with van der Waals surface area (Å²) in [6.45, 7) is 3.91. The zero-order valence-corrected chi connectivity index (χ0v) is 11.2. The molecule has 1 fully saturated rings. The number of alkyl halides is 3. The van der Waals surface area contributed by atoms with Gasteiger partial charge in [0.25, 0.3) is 0 Å². The molecule has 1 N–H and O–H groups in total. The Bertz CT molecular complexity index is 419. The molecule has 2 atom stereocenters. The monoisotopic (exact) mass is 289 g/mol. The Morgan fingerprint density at radius 2 is 1.95 bits per heavy atom. The van der Waals surface area contributed by atoms with Crippen molar-refractivity contribution in [2.24, 2.45) is 0 Å². The Kier molecular flexibility index (Phi) is 4.88. The number of rotatable bonds is 5. The summed E-state index contributed by atoms with van der Waals surface area (Å²) < 4.78 is 48.3. The van der Waals surface area contributed by atoms with E-state index in [4.69, 9.17) is 9.47 Å². The molecule has 0 amide bonds. The smallest absolute Gasteiger partial charge is 0.416 e. The molecule has 0 aliphatic carbocycles. The fraction of sp³-hybridized carbons (Fsp3) is 0.571. The lowest BCUT2D eigenvalue weighted by Crippen LogP contribution is -2.26. The summed E-state index contributed by atoms with van der Waals surface area (Å²) in [7, 11) is 0. The van der Waals surface area contributed by atoms with Crippen LogP contribution in [0.25, 0.3) is 0 Å². The van der Waals surface area contributed by atoms with Gasteiger partial charge in [0.15, 0.2) is 0 Å². The SMILES string of the molecule is CCOC[C@@H]1C[C@@H](Oc2ccc(C(F)(F)F)cc2)CN1. The van der Waals surface area contributed by atoms with Gasteiger partial charge in [0.1, 0.15) is 11.9 Å². The first-order valence-electron chi connectivity index (χ1n) is 6.64. The number of hydrogen-bond donors (Lipinski definition) is 1. The molecule has 0 spiro atoms. The lowest BCUT2D eigenvalue weighted by molar-refractivity contribution is -0.137. The summed E-state index contributed by atoms with van der Waals surface area (Å²) in [5, 5.41) is 3.27. The summed E-state index contributed by atoms with van der Waals surface area (Å²) in [5.41, 5.74) is -0.663. The highest BCUT2D eigenvalue weighted by Gasteiger charge is 2.30. The molecule has 0 bridgehead atoms. The zero-order valence-electron chi connectivity index (χ0n) is 11.2. The van der Waals surface area contributed by atoms with Gasteiger partial charge in [-0.1, -0.05) is 0 Å².